The molecule has 154 valence electrons. The lowest BCUT2D eigenvalue weighted by Gasteiger charge is -2.08. The summed E-state index contributed by atoms with van der Waals surface area (Å²) in [5.74, 6) is -0.746. The number of ether oxygens (including phenoxy) is 1. The molecular formula is C20H19ClFNO4S2. The van der Waals surface area contributed by atoms with E-state index >= 15 is 0 Å². The quantitative estimate of drug-likeness (QED) is 0.504. The van der Waals surface area contributed by atoms with Gasteiger partial charge in [0.05, 0.1) is 21.6 Å². The molecule has 2 heterocycles. The monoisotopic (exact) mass is 455 g/mol. The number of rotatable bonds is 6. The fraction of sp³-hybridized carbons (Fsp3) is 0.250. The molecule has 29 heavy (non-hydrogen) atoms. The highest BCUT2D eigenvalue weighted by Gasteiger charge is 2.19. The van der Waals surface area contributed by atoms with Crippen LogP contribution >= 0.6 is 23.4 Å². The van der Waals surface area contributed by atoms with Crippen LogP contribution in [0.1, 0.15) is 18.1 Å². The van der Waals surface area contributed by atoms with Gasteiger partial charge < -0.3 is 9.14 Å². The van der Waals surface area contributed by atoms with Gasteiger partial charge >= 0.3 is 5.97 Å². The van der Waals surface area contributed by atoms with Crippen molar-refractivity contribution < 1.29 is 22.3 Å². The normalized spacial score (nSPS) is 11.8. The van der Waals surface area contributed by atoms with Gasteiger partial charge in [0.25, 0.3) is 0 Å². The number of aromatic nitrogens is 1. The van der Waals surface area contributed by atoms with E-state index in [0.717, 1.165) is 27.9 Å². The summed E-state index contributed by atoms with van der Waals surface area (Å²) in [6.45, 7) is 3.49. The van der Waals surface area contributed by atoms with Crippen LogP contribution in [0.2, 0.25) is 5.02 Å². The van der Waals surface area contributed by atoms with Crippen LogP contribution in [-0.4, -0.2) is 31.7 Å². The summed E-state index contributed by atoms with van der Waals surface area (Å²) in [6.07, 6.45) is 3.00. The van der Waals surface area contributed by atoms with E-state index in [-0.39, 0.29) is 23.3 Å². The molecule has 0 spiro atoms. The van der Waals surface area contributed by atoms with E-state index in [1.807, 2.05) is 6.92 Å². The third-order valence-electron chi connectivity index (χ3n) is 4.41. The van der Waals surface area contributed by atoms with Crippen LogP contribution in [0.4, 0.5) is 4.39 Å². The van der Waals surface area contributed by atoms with Gasteiger partial charge in [0, 0.05) is 36.2 Å². The van der Waals surface area contributed by atoms with Crippen molar-refractivity contribution in [3.8, 4) is 0 Å². The average Bonchev–Trinajstić information content (AvgIpc) is 2.87. The van der Waals surface area contributed by atoms with Crippen LogP contribution in [0.3, 0.4) is 0 Å². The number of esters is 1. The molecule has 3 rings (SSSR count). The summed E-state index contributed by atoms with van der Waals surface area (Å²) in [6, 6.07) is 7.61. The van der Waals surface area contributed by atoms with Crippen molar-refractivity contribution in [2.24, 2.45) is 0 Å². The molecule has 0 aliphatic carbocycles. The highest BCUT2D eigenvalue weighted by molar-refractivity contribution is 7.99. The third kappa shape index (κ3) is 4.76. The molecule has 0 fully saturated rings. The highest BCUT2D eigenvalue weighted by atomic mass is 35.5. The Morgan fingerprint density at radius 3 is 2.62 bits per heavy atom. The molecule has 0 saturated heterocycles. The van der Waals surface area contributed by atoms with Crippen LogP contribution in [0.15, 0.2) is 51.3 Å². The molecule has 9 heteroatoms. The molecule has 0 saturated carbocycles. The first kappa shape index (κ1) is 21.7. The lowest BCUT2D eigenvalue weighted by molar-refractivity contribution is -0.140. The first-order chi connectivity index (χ1) is 13.6. The van der Waals surface area contributed by atoms with Gasteiger partial charge in [-0.05, 0) is 48.4 Å². The molecule has 0 aliphatic rings. The molecule has 5 nitrogen and oxygen atoms in total. The van der Waals surface area contributed by atoms with Crippen molar-refractivity contribution in [3.05, 3.63) is 58.5 Å². The molecule has 0 amide bonds. The second-order valence-electron chi connectivity index (χ2n) is 6.57. The minimum atomic E-state index is -3.37. The number of hydrogen-bond acceptors (Lipinski definition) is 5. The second-order valence-corrected chi connectivity index (χ2v) is 10.0. The number of hydrogen-bond donors (Lipinski definition) is 0. The van der Waals surface area contributed by atoms with Crippen molar-refractivity contribution in [2.45, 2.75) is 35.1 Å². The number of benzene rings is 1. The molecule has 0 atom stereocenters. The summed E-state index contributed by atoms with van der Waals surface area (Å²) in [7, 11) is -3.37. The minimum absolute atomic E-state index is 0.136. The SMILES string of the molecule is CC(=O)OCCc1c(C)c(Sc2ccc(S(C)(=O)=O)cc2Cl)n2cc(F)ccc12. The first-order valence-electron chi connectivity index (χ1n) is 8.68. The van der Waals surface area contributed by atoms with E-state index < -0.39 is 9.84 Å². The van der Waals surface area contributed by atoms with Crippen LogP contribution in [0, 0.1) is 12.7 Å². The zero-order valence-electron chi connectivity index (χ0n) is 16.0. The lowest BCUT2D eigenvalue weighted by Crippen LogP contribution is -2.03. The van der Waals surface area contributed by atoms with Crippen LogP contribution in [0.25, 0.3) is 5.52 Å². The molecule has 0 bridgehead atoms. The number of fused-ring (bicyclic) bond motifs is 1. The van der Waals surface area contributed by atoms with Gasteiger partial charge in [0.2, 0.25) is 0 Å². The zero-order chi connectivity index (χ0) is 21.3. The summed E-state index contributed by atoms with van der Waals surface area (Å²) < 4.78 is 44.2. The maximum Gasteiger partial charge on any atom is 0.302 e. The molecular weight excluding hydrogens is 437 g/mol. The molecule has 2 aromatic heterocycles. The molecule has 3 aromatic rings. The Bertz CT molecular complexity index is 1200. The van der Waals surface area contributed by atoms with Crippen molar-refractivity contribution >= 4 is 44.7 Å². The Morgan fingerprint density at radius 2 is 2.00 bits per heavy atom. The number of halogens is 2. The summed E-state index contributed by atoms with van der Waals surface area (Å²) in [5, 5.41) is 1.05. The molecule has 0 radical (unpaired) electrons. The molecule has 0 aliphatic heterocycles. The standard InChI is InChI=1S/C20H19ClFNO4S2/c1-12-16(8-9-27-13(2)24)18-6-4-14(22)11-23(18)20(12)28-19-7-5-15(10-17(19)21)29(3,25)26/h4-7,10-11H,8-9H2,1-3H3. The fourth-order valence-corrected chi connectivity index (χ4v) is 5.06. The lowest BCUT2D eigenvalue weighted by atomic mass is 10.1. The van der Waals surface area contributed by atoms with Crippen molar-refractivity contribution in [1.29, 1.82) is 0 Å². The number of sulfone groups is 1. The van der Waals surface area contributed by atoms with E-state index in [4.69, 9.17) is 16.3 Å². The van der Waals surface area contributed by atoms with E-state index in [0.29, 0.717) is 16.3 Å². The molecule has 0 N–H and O–H groups in total. The highest BCUT2D eigenvalue weighted by Crippen LogP contribution is 2.39. The first-order valence-corrected chi connectivity index (χ1v) is 11.8. The Hall–Kier alpha value is -2.03. The Labute approximate surface area is 177 Å². The number of carbonyl (C=O) groups is 1. The zero-order valence-corrected chi connectivity index (χ0v) is 18.4. The minimum Gasteiger partial charge on any atom is -0.466 e. The summed E-state index contributed by atoms with van der Waals surface area (Å²) in [4.78, 5) is 11.9. The maximum absolute atomic E-state index is 13.9. The van der Waals surface area contributed by atoms with Gasteiger partial charge in [-0.1, -0.05) is 23.4 Å². The summed E-state index contributed by atoms with van der Waals surface area (Å²) >= 11 is 7.64. The van der Waals surface area contributed by atoms with Gasteiger partial charge in [-0.25, -0.2) is 12.8 Å². The van der Waals surface area contributed by atoms with Crippen molar-refractivity contribution in [3.63, 3.8) is 0 Å². The van der Waals surface area contributed by atoms with Crippen LogP contribution < -0.4 is 0 Å². The predicted molar refractivity (Wildman–Crippen MR) is 111 cm³/mol. The van der Waals surface area contributed by atoms with Gasteiger partial charge in [-0.3, -0.25) is 4.79 Å². The number of pyridine rings is 1. The van der Waals surface area contributed by atoms with Crippen molar-refractivity contribution in [1.82, 2.24) is 4.40 Å². The van der Waals surface area contributed by atoms with Gasteiger partial charge in [0.1, 0.15) is 5.82 Å². The van der Waals surface area contributed by atoms with Crippen LogP contribution in [0.5, 0.6) is 0 Å². The van der Waals surface area contributed by atoms with Gasteiger partial charge in [0.15, 0.2) is 9.84 Å². The largest absolute Gasteiger partial charge is 0.466 e. The third-order valence-corrected chi connectivity index (χ3v) is 7.22. The number of nitrogens with zero attached hydrogens (tertiary/aromatic N) is 1. The predicted octanol–water partition coefficient (Wildman–Crippen LogP) is 4.70. The van der Waals surface area contributed by atoms with E-state index in [2.05, 4.69) is 0 Å². The van der Waals surface area contributed by atoms with Crippen molar-refractivity contribution in [2.75, 3.05) is 12.9 Å². The van der Waals surface area contributed by atoms with E-state index in [1.54, 1.807) is 16.5 Å². The van der Waals surface area contributed by atoms with E-state index in [1.165, 1.54) is 43.1 Å². The summed E-state index contributed by atoms with van der Waals surface area (Å²) in [5.41, 5.74) is 2.66. The molecule has 1 aromatic carbocycles. The van der Waals surface area contributed by atoms with E-state index in [9.17, 15) is 17.6 Å². The fourth-order valence-electron chi connectivity index (χ4n) is 3.03. The Morgan fingerprint density at radius 1 is 1.28 bits per heavy atom. The van der Waals surface area contributed by atoms with Gasteiger partial charge in [-0.15, -0.1) is 0 Å². The number of carbonyl (C=O) groups excluding carboxylic acids is 1. The maximum atomic E-state index is 13.9. The average molecular weight is 456 g/mol. The smallest absolute Gasteiger partial charge is 0.302 e. The topological polar surface area (TPSA) is 64.9 Å². The molecule has 0 unspecified atom stereocenters. The second kappa shape index (κ2) is 8.38. The Balaban J connectivity index is 2.04. The van der Waals surface area contributed by atoms with Gasteiger partial charge in [-0.2, -0.15) is 0 Å². The Kier molecular flexibility index (Phi) is 6.26. The van der Waals surface area contributed by atoms with Crippen LogP contribution in [-0.2, 0) is 25.8 Å².